The van der Waals surface area contributed by atoms with E-state index in [1.165, 1.54) is 63.9 Å². The molecule has 0 radical (unpaired) electrons. The molecule has 3 aromatic heterocycles. The number of rotatable bonds is 13. The Kier molecular flexibility index (Phi) is 13.9. The second-order valence-corrected chi connectivity index (χ2v) is 15.3. The molecular weight excluding hydrogens is 879 g/mol. The molecule has 65 heavy (non-hydrogen) atoms. The number of hydrogen-bond donors (Lipinski definition) is 2. The summed E-state index contributed by atoms with van der Waals surface area (Å²) in [6, 6.07) is 32.3. The quantitative estimate of drug-likeness (QED) is 0.0860. The summed E-state index contributed by atoms with van der Waals surface area (Å²) in [5, 5.41) is 6.88. The van der Waals surface area contributed by atoms with E-state index in [1.807, 2.05) is 22.8 Å². The fraction of sp³-hybridized carbons (Fsp3) is 0.122. The van der Waals surface area contributed by atoms with Crippen molar-refractivity contribution in [3.63, 3.8) is 0 Å². The molecule has 5 aromatic carbocycles. The third-order valence-electron chi connectivity index (χ3n) is 10.4. The Morgan fingerprint density at radius 2 is 1.14 bits per heavy atom. The van der Waals surface area contributed by atoms with Gasteiger partial charge in [0.2, 0.25) is 5.88 Å². The molecule has 0 aliphatic heterocycles. The third-order valence-corrected chi connectivity index (χ3v) is 11.0. The molecule has 2 N–H and O–H groups in total. The first-order valence-electron chi connectivity index (χ1n) is 19.8. The van der Waals surface area contributed by atoms with Crippen LogP contribution in [0.5, 0.6) is 17.4 Å². The van der Waals surface area contributed by atoms with E-state index in [-0.39, 0.29) is 27.8 Å². The van der Waals surface area contributed by atoms with Crippen LogP contribution in [0.2, 0.25) is 10.2 Å². The van der Waals surface area contributed by atoms with E-state index in [4.69, 9.17) is 37.4 Å². The number of methoxy groups -OCH3 is 3. The lowest BCUT2D eigenvalue weighted by atomic mass is 10.1. The molecule has 0 bridgehead atoms. The molecule has 2 amide bonds. The molecule has 8 rings (SSSR count). The molecule has 16 heteroatoms. The van der Waals surface area contributed by atoms with E-state index in [2.05, 4.69) is 15.6 Å². The van der Waals surface area contributed by atoms with Gasteiger partial charge in [-0.2, -0.15) is 0 Å². The van der Waals surface area contributed by atoms with Gasteiger partial charge >= 0.3 is 0 Å². The molecule has 0 atom stereocenters. The second-order valence-electron chi connectivity index (χ2n) is 14.5. The summed E-state index contributed by atoms with van der Waals surface area (Å²) in [5.41, 5.74) is 4.66. The standard InChI is InChI=1S/C25H20F2N2O3.C24H19Cl2N3O4/c1-15-23(24(30)25(31)28-19-5-3-4-18(27)12-19)21-13-20(32-2)10-11-22(21)29(15)14-16-6-8-17(26)9-7-16;1-32-17-7-8-19-18(12-17)21(23(26)29(19)13-14-3-5-15(25)6-4-14)22(30)24(31)28-16-9-10-27-20(11-16)33-2/h3-13H,14H2,1-2H3,(H,28,31);3-12H,13H2,1-2H3,(H,27,28,31). The van der Waals surface area contributed by atoms with Crippen molar-refractivity contribution in [3.8, 4) is 17.4 Å². The summed E-state index contributed by atoms with van der Waals surface area (Å²) in [4.78, 5) is 55.9. The molecule has 0 spiro atoms. The van der Waals surface area contributed by atoms with Crippen LogP contribution in [-0.2, 0) is 22.7 Å². The highest BCUT2D eigenvalue weighted by Gasteiger charge is 2.28. The minimum Gasteiger partial charge on any atom is -0.497 e. The average Bonchev–Trinajstić information content (AvgIpc) is 3.74. The first kappa shape index (κ1) is 45.5. The van der Waals surface area contributed by atoms with Crippen molar-refractivity contribution < 1.29 is 42.2 Å². The molecule has 0 fully saturated rings. The fourth-order valence-corrected chi connectivity index (χ4v) is 7.66. The molecule has 0 saturated heterocycles. The van der Waals surface area contributed by atoms with Gasteiger partial charge in [0, 0.05) is 63.7 Å². The maximum atomic E-state index is 13.5. The van der Waals surface area contributed by atoms with Gasteiger partial charge in [-0.15, -0.1) is 0 Å². The Morgan fingerprint density at radius 3 is 1.72 bits per heavy atom. The summed E-state index contributed by atoms with van der Waals surface area (Å²) in [6.07, 6.45) is 1.47. The van der Waals surface area contributed by atoms with Crippen molar-refractivity contribution in [1.29, 1.82) is 0 Å². The predicted molar refractivity (Wildman–Crippen MR) is 246 cm³/mol. The summed E-state index contributed by atoms with van der Waals surface area (Å²) in [5.74, 6) is -2.70. The normalized spacial score (nSPS) is 10.8. The Balaban J connectivity index is 0.000000194. The molecule has 12 nitrogen and oxygen atoms in total. The van der Waals surface area contributed by atoms with Crippen LogP contribution < -0.4 is 24.8 Å². The largest absolute Gasteiger partial charge is 0.497 e. The Labute approximate surface area is 381 Å². The Hall–Kier alpha value is -7.55. The van der Waals surface area contributed by atoms with Crippen molar-refractivity contribution in [2.24, 2.45) is 0 Å². The minimum absolute atomic E-state index is 0.0954. The number of anilines is 2. The zero-order valence-electron chi connectivity index (χ0n) is 35.2. The lowest BCUT2D eigenvalue weighted by molar-refractivity contribution is -0.113. The number of carbonyl (C=O) groups is 4. The fourth-order valence-electron chi connectivity index (χ4n) is 7.19. The number of pyridine rings is 1. The maximum Gasteiger partial charge on any atom is 0.296 e. The Bertz CT molecular complexity index is 3100. The highest BCUT2D eigenvalue weighted by atomic mass is 35.5. The van der Waals surface area contributed by atoms with Gasteiger partial charge in [0.15, 0.2) is 0 Å². The van der Waals surface area contributed by atoms with E-state index in [0.717, 1.165) is 22.7 Å². The van der Waals surface area contributed by atoms with Crippen molar-refractivity contribution in [2.45, 2.75) is 20.0 Å². The molecule has 0 saturated carbocycles. The van der Waals surface area contributed by atoms with Crippen LogP contribution in [-0.4, -0.2) is 58.8 Å². The van der Waals surface area contributed by atoms with E-state index >= 15 is 0 Å². The number of hydrogen-bond acceptors (Lipinski definition) is 8. The Morgan fingerprint density at radius 1 is 0.600 bits per heavy atom. The zero-order valence-corrected chi connectivity index (χ0v) is 36.8. The van der Waals surface area contributed by atoms with E-state index in [9.17, 15) is 28.0 Å². The summed E-state index contributed by atoms with van der Waals surface area (Å²) < 4.78 is 46.1. The summed E-state index contributed by atoms with van der Waals surface area (Å²) >= 11 is 12.7. The number of halogens is 4. The number of aromatic nitrogens is 3. The molecule has 8 aromatic rings. The molecule has 3 heterocycles. The van der Waals surface area contributed by atoms with Crippen molar-refractivity contribution in [3.05, 3.63) is 177 Å². The molecule has 330 valence electrons. The van der Waals surface area contributed by atoms with Crippen molar-refractivity contribution >= 4 is 79.8 Å². The zero-order chi connectivity index (χ0) is 46.4. The van der Waals surface area contributed by atoms with Crippen LogP contribution >= 0.6 is 23.2 Å². The number of fused-ring (bicyclic) bond motifs is 2. The van der Waals surface area contributed by atoms with Crippen LogP contribution in [0.15, 0.2) is 128 Å². The second kappa shape index (κ2) is 19.9. The van der Waals surface area contributed by atoms with Gasteiger partial charge in [0.05, 0.1) is 38.0 Å². The van der Waals surface area contributed by atoms with Crippen LogP contribution in [0.3, 0.4) is 0 Å². The lowest BCUT2D eigenvalue weighted by Gasteiger charge is -2.09. The van der Waals surface area contributed by atoms with E-state index in [0.29, 0.717) is 63.2 Å². The molecular formula is C49H39Cl2F2N5O7. The lowest BCUT2D eigenvalue weighted by Crippen LogP contribution is -2.23. The van der Waals surface area contributed by atoms with Crippen molar-refractivity contribution in [2.75, 3.05) is 32.0 Å². The summed E-state index contributed by atoms with van der Waals surface area (Å²) in [7, 11) is 4.50. The number of nitrogens with one attached hydrogen (secondary N) is 2. The third kappa shape index (κ3) is 10.1. The smallest absolute Gasteiger partial charge is 0.296 e. The topological polar surface area (TPSA) is 143 Å². The van der Waals surface area contributed by atoms with Gasteiger partial charge in [-0.1, -0.05) is 53.5 Å². The van der Waals surface area contributed by atoms with Gasteiger partial charge in [0.1, 0.15) is 28.3 Å². The monoisotopic (exact) mass is 917 g/mol. The van der Waals surface area contributed by atoms with Gasteiger partial charge in [0.25, 0.3) is 23.4 Å². The SMILES string of the molecule is COc1ccc2c(c1)c(C(=O)C(=O)Nc1cccc(F)c1)c(C)n2Cc1ccc(F)cc1.COc1ccc2c(c1)c(C(=O)C(=O)Nc1ccnc(OC)c1)c(Cl)n2Cc1ccc(Cl)cc1. The number of amides is 2. The predicted octanol–water partition coefficient (Wildman–Crippen LogP) is 10.3. The molecule has 0 unspecified atom stereocenters. The van der Waals surface area contributed by atoms with Gasteiger partial charge in [-0.3, -0.25) is 19.2 Å². The number of ketones is 2. The highest BCUT2D eigenvalue weighted by Crippen LogP contribution is 2.35. The van der Waals surface area contributed by atoms with E-state index in [1.54, 1.807) is 72.2 Å². The minimum atomic E-state index is -0.873. The molecule has 0 aliphatic rings. The van der Waals surface area contributed by atoms with E-state index < -0.39 is 29.2 Å². The average molecular weight is 919 g/mol. The van der Waals surface area contributed by atoms with Crippen LogP contribution in [0, 0.1) is 18.6 Å². The van der Waals surface area contributed by atoms with Gasteiger partial charge < -0.3 is 34.0 Å². The first-order chi connectivity index (χ1) is 31.3. The summed E-state index contributed by atoms with van der Waals surface area (Å²) in [6.45, 7) is 2.52. The highest BCUT2D eigenvalue weighted by molar-refractivity contribution is 6.52. The van der Waals surface area contributed by atoms with Crippen molar-refractivity contribution in [1.82, 2.24) is 14.1 Å². The molecule has 0 aliphatic carbocycles. The van der Waals surface area contributed by atoms with Crippen LogP contribution in [0.25, 0.3) is 21.8 Å². The van der Waals surface area contributed by atoms with Gasteiger partial charge in [-0.25, -0.2) is 13.8 Å². The number of ether oxygens (including phenoxy) is 3. The number of carbonyl (C=O) groups excluding carboxylic acids is 4. The van der Waals surface area contributed by atoms with Crippen LogP contribution in [0.4, 0.5) is 20.2 Å². The van der Waals surface area contributed by atoms with Crippen LogP contribution in [0.1, 0.15) is 37.5 Å². The number of Topliss-reactive ketones (excluding diaryl/α,β-unsaturated/α-hetero) is 2. The number of benzene rings is 5. The number of nitrogens with zero attached hydrogens (tertiary/aromatic N) is 3. The van der Waals surface area contributed by atoms with Gasteiger partial charge in [-0.05, 0) is 103 Å². The maximum absolute atomic E-state index is 13.5. The first-order valence-corrected chi connectivity index (χ1v) is 20.5.